The Morgan fingerprint density at radius 1 is 1.47 bits per heavy atom. The van der Waals surface area contributed by atoms with Crippen molar-refractivity contribution in [2.24, 2.45) is 7.05 Å². The van der Waals surface area contributed by atoms with Gasteiger partial charge in [-0.3, -0.25) is 0 Å². The number of halogens is 1. The Kier molecular flexibility index (Phi) is 2.36. The van der Waals surface area contributed by atoms with E-state index in [0.29, 0.717) is 16.5 Å². The Bertz CT molecular complexity index is 508. The summed E-state index contributed by atoms with van der Waals surface area (Å²) in [7, 11) is 1.81. The first-order chi connectivity index (χ1) is 7.11. The normalized spacial score (nSPS) is 10.6. The van der Waals surface area contributed by atoms with Crippen molar-refractivity contribution in [1.29, 1.82) is 0 Å². The van der Waals surface area contributed by atoms with Gasteiger partial charge in [0.15, 0.2) is 5.16 Å². The highest BCUT2D eigenvalue weighted by atomic mass is 35.5. The van der Waals surface area contributed by atoms with Gasteiger partial charge < -0.3 is 5.11 Å². The Morgan fingerprint density at radius 3 is 2.80 bits per heavy atom. The van der Waals surface area contributed by atoms with Crippen molar-refractivity contribution in [3.05, 3.63) is 29.0 Å². The van der Waals surface area contributed by atoms with Crippen LogP contribution in [0.3, 0.4) is 0 Å². The molecule has 78 valence electrons. The van der Waals surface area contributed by atoms with E-state index in [2.05, 4.69) is 5.16 Å². The number of phenols is 1. The van der Waals surface area contributed by atoms with E-state index in [4.69, 9.17) is 16.1 Å². The van der Waals surface area contributed by atoms with Gasteiger partial charge in [0.1, 0.15) is 11.3 Å². The molecule has 0 atom stereocenters. The van der Waals surface area contributed by atoms with Crippen LogP contribution in [-0.2, 0) is 7.05 Å². The average molecular weight is 226 g/mol. The maximum absolute atomic E-state index is 9.75. The predicted molar refractivity (Wildman–Crippen MR) is 54.5 cm³/mol. The van der Waals surface area contributed by atoms with Crippen molar-refractivity contribution >= 4 is 11.6 Å². The van der Waals surface area contributed by atoms with E-state index >= 15 is 0 Å². The molecule has 1 aromatic carbocycles. The quantitative estimate of drug-likeness (QED) is 0.754. The molecule has 0 radical (unpaired) electrons. The van der Waals surface area contributed by atoms with E-state index in [-0.39, 0.29) is 5.75 Å². The third-order valence-corrected chi connectivity index (χ3v) is 2.58. The number of nitrogens with zero attached hydrogens (tertiary/aromatic N) is 2. The van der Waals surface area contributed by atoms with E-state index in [1.807, 2.05) is 14.0 Å². The maximum atomic E-state index is 9.75. The van der Waals surface area contributed by atoms with Gasteiger partial charge in [0.2, 0.25) is 0 Å². The lowest BCUT2D eigenvalue weighted by Gasteiger charge is -2.00. The van der Waals surface area contributed by atoms with Gasteiger partial charge in [0.25, 0.3) is 0 Å². The number of aromatic hydroxyl groups is 1. The fourth-order valence-electron chi connectivity index (χ4n) is 1.30. The van der Waals surface area contributed by atoms with E-state index in [9.17, 15) is 5.11 Å². The molecule has 0 aliphatic heterocycles. The molecular weight excluding hydrogens is 216 g/mol. The fraction of sp³-hybridized carbons (Fsp3) is 0.200. The van der Waals surface area contributed by atoms with Crippen molar-refractivity contribution in [2.45, 2.75) is 6.92 Å². The highest BCUT2D eigenvalue weighted by molar-refractivity contribution is 6.32. The zero-order chi connectivity index (χ0) is 11.0. The summed E-state index contributed by atoms with van der Waals surface area (Å²) in [5.74, 6) is 1.21. The molecule has 2 rings (SSSR count). The number of para-hydroxylation sites is 1. The van der Waals surface area contributed by atoms with Gasteiger partial charge >= 0.3 is 11.7 Å². The van der Waals surface area contributed by atoms with Gasteiger partial charge in [-0.15, -0.1) is 0 Å². The van der Waals surface area contributed by atoms with Gasteiger partial charge in [0, 0.05) is 6.92 Å². The highest BCUT2D eigenvalue weighted by Crippen LogP contribution is 2.33. The van der Waals surface area contributed by atoms with Gasteiger partial charge in [-0.25, -0.2) is 4.52 Å². The minimum Gasteiger partial charge on any atom is -0.505 e. The van der Waals surface area contributed by atoms with Crippen LogP contribution in [0.1, 0.15) is 5.82 Å². The number of rotatable bonds is 1. The highest BCUT2D eigenvalue weighted by Gasteiger charge is 2.22. The molecule has 1 N–H and O–H groups in total. The number of hydrogen-bond acceptors (Lipinski definition) is 3. The zero-order valence-corrected chi connectivity index (χ0v) is 9.12. The monoisotopic (exact) mass is 225 g/mol. The summed E-state index contributed by atoms with van der Waals surface area (Å²) in [6.45, 7) is 1.81. The zero-order valence-electron chi connectivity index (χ0n) is 8.36. The van der Waals surface area contributed by atoms with E-state index in [1.165, 1.54) is 0 Å². The lowest BCUT2D eigenvalue weighted by Crippen LogP contribution is -2.31. The van der Waals surface area contributed by atoms with Crippen LogP contribution in [-0.4, -0.2) is 10.3 Å². The number of aryl methyl sites for hydroxylation is 1. The molecule has 2 aromatic rings. The van der Waals surface area contributed by atoms with Crippen molar-refractivity contribution in [3.63, 3.8) is 0 Å². The van der Waals surface area contributed by atoms with Crippen molar-refractivity contribution in [3.8, 4) is 17.2 Å². The molecule has 0 aliphatic rings. The number of hydrogen-bond donors (Lipinski definition) is 1. The van der Waals surface area contributed by atoms with Crippen molar-refractivity contribution < 1.29 is 14.2 Å². The molecule has 0 spiro atoms. The molecule has 1 heterocycles. The summed E-state index contributed by atoms with van der Waals surface area (Å²) in [4.78, 5) is 0. The van der Waals surface area contributed by atoms with Gasteiger partial charge in [-0.05, 0) is 12.1 Å². The third-order valence-electron chi connectivity index (χ3n) is 2.27. The molecule has 15 heavy (non-hydrogen) atoms. The Morgan fingerprint density at radius 2 is 2.20 bits per heavy atom. The third kappa shape index (κ3) is 1.57. The Hall–Kier alpha value is -1.55. The molecule has 4 nitrogen and oxygen atoms in total. The summed E-state index contributed by atoms with van der Waals surface area (Å²) in [5.41, 5.74) is 0.533. The van der Waals surface area contributed by atoms with E-state index < -0.39 is 0 Å². The summed E-state index contributed by atoms with van der Waals surface area (Å²) in [6.07, 6.45) is 0. The molecule has 0 bridgehead atoms. The first kappa shape index (κ1) is 9.98. The second-order valence-electron chi connectivity index (χ2n) is 3.23. The lowest BCUT2D eigenvalue weighted by molar-refractivity contribution is -0.669. The Balaban J connectivity index is 2.64. The number of aromatic nitrogens is 2. The average Bonchev–Trinajstić information content (AvgIpc) is 2.53. The molecule has 1 aromatic heterocycles. The minimum atomic E-state index is 0.00548. The SMILES string of the molecule is Cc1noc(-c2cccc(Cl)c2O)[n+]1C. The van der Waals surface area contributed by atoms with Crippen LogP contribution < -0.4 is 4.57 Å². The molecular formula is C10H10ClN2O2+. The van der Waals surface area contributed by atoms with Crippen LogP contribution in [0.4, 0.5) is 0 Å². The summed E-state index contributed by atoms with van der Waals surface area (Å²) in [5, 5.41) is 13.8. The van der Waals surface area contributed by atoms with E-state index in [0.717, 1.165) is 5.82 Å². The maximum Gasteiger partial charge on any atom is 0.352 e. The standard InChI is InChI=1S/C10H9ClN2O2/c1-6-12-15-10(13(6)2)7-4-3-5-8(11)9(7)14/h3-5H,1-2H3/p+1. The summed E-state index contributed by atoms with van der Waals surface area (Å²) >= 11 is 5.80. The molecule has 0 saturated carbocycles. The van der Waals surface area contributed by atoms with Crippen LogP contribution in [0.25, 0.3) is 11.5 Å². The largest absolute Gasteiger partial charge is 0.505 e. The van der Waals surface area contributed by atoms with Gasteiger partial charge in [-0.2, -0.15) is 4.57 Å². The van der Waals surface area contributed by atoms with Crippen LogP contribution in [0, 0.1) is 6.92 Å². The second kappa shape index (κ2) is 3.55. The molecule has 0 amide bonds. The fourth-order valence-corrected chi connectivity index (χ4v) is 1.47. The first-order valence-corrected chi connectivity index (χ1v) is 4.79. The lowest BCUT2D eigenvalue weighted by atomic mass is 10.2. The number of benzene rings is 1. The van der Waals surface area contributed by atoms with Gasteiger partial charge in [-0.1, -0.05) is 17.7 Å². The second-order valence-corrected chi connectivity index (χ2v) is 3.64. The van der Waals surface area contributed by atoms with Crippen molar-refractivity contribution in [1.82, 2.24) is 5.16 Å². The molecule has 5 heteroatoms. The van der Waals surface area contributed by atoms with Crippen LogP contribution in [0.15, 0.2) is 22.7 Å². The summed E-state index contributed by atoms with van der Waals surface area (Å²) in [6, 6.07) is 5.08. The molecule has 0 unspecified atom stereocenters. The van der Waals surface area contributed by atoms with Crippen LogP contribution in [0.2, 0.25) is 5.02 Å². The molecule has 0 fully saturated rings. The van der Waals surface area contributed by atoms with E-state index in [1.54, 1.807) is 22.8 Å². The van der Waals surface area contributed by atoms with Crippen molar-refractivity contribution in [2.75, 3.05) is 0 Å². The Labute approximate surface area is 91.7 Å². The number of phenolic OH excluding ortho intramolecular Hbond substituents is 1. The molecule has 0 aliphatic carbocycles. The predicted octanol–water partition coefficient (Wildman–Crippen LogP) is 1.83. The first-order valence-electron chi connectivity index (χ1n) is 4.41. The summed E-state index contributed by atoms with van der Waals surface area (Å²) < 4.78 is 6.85. The smallest absolute Gasteiger partial charge is 0.352 e. The minimum absolute atomic E-state index is 0.00548. The topological polar surface area (TPSA) is 50.1 Å². The molecule has 0 saturated heterocycles. The van der Waals surface area contributed by atoms with Crippen LogP contribution in [0.5, 0.6) is 5.75 Å². The van der Waals surface area contributed by atoms with Gasteiger partial charge in [0.05, 0.1) is 12.1 Å². The van der Waals surface area contributed by atoms with Crippen LogP contribution >= 0.6 is 11.6 Å².